The van der Waals surface area contributed by atoms with Gasteiger partial charge < -0.3 is 14.7 Å². The van der Waals surface area contributed by atoms with Crippen molar-refractivity contribution in [2.24, 2.45) is 0 Å². The molecule has 0 atom stereocenters. The second-order valence-corrected chi connectivity index (χ2v) is 7.76. The number of nitrogens with zero attached hydrogens (tertiary/aromatic N) is 2. The summed E-state index contributed by atoms with van der Waals surface area (Å²) in [5, 5.41) is 20.9. The summed E-state index contributed by atoms with van der Waals surface area (Å²) in [6.45, 7) is 2.99. The van der Waals surface area contributed by atoms with E-state index in [0.29, 0.717) is 30.2 Å². The van der Waals surface area contributed by atoms with Crippen molar-refractivity contribution < 1.29 is 14.8 Å². The van der Waals surface area contributed by atoms with E-state index in [1.54, 1.807) is 37.3 Å². The molecule has 33 heavy (non-hydrogen) atoms. The summed E-state index contributed by atoms with van der Waals surface area (Å²) >= 11 is 0. The van der Waals surface area contributed by atoms with Crippen molar-refractivity contribution in [2.75, 3.05) is 4.90 Å². The highest BCUT2D eigenvalue weighted by molar-refractivity contribution is 5.62. The lowest BCUT2D eigenvalue weighted by Gasteiger charge is -2.27. The number of nitro groups is 1. The zero-order chi connectivity index (χ0) is 23.2. The lowest BCUT2D eigenvalue weighted by Crippen LogP contribution is -2.23. The molecule has 0 aliphatic carbocycles. The van der Waals surface area contributed by atoms with Crippen LogP contribution in [0, 0.1) is 17.0 Å². The van der Waals surface area contributed by atoms with Crippen molar-refractivity contribution in [1.29, 1.82) is 0 Å². The lowest BCUT2D eigenvalue weighted by atomic mass is 10.1. The van der Waals surface area contributed by atoms with Crippen LogP contribution in [0.15, 0.2) is 97.1 Å². The molecule has 0 unspecified atom stereocenters. The fourth-order valence-electron chi connectivity index (χ4n) is 3.72. The fraction of sp³-hybridized carbons (Fsp3) is 0.111. The summed E-state index contributed by atoms with van der Waals surface area (Å²) in [5.74, 6) is 1.51. The number of aromatic hydroxyl groups is 1. The third-order valence-corrected chi connectivity index (χ3v) is 5.40. The molecule has 0 radical (unpaired) electrons. The van der Waals surface area contributed by atoms with E-state index in [2.05, 4.69) is 4.90 Å². The van der Waals surface area contributed by atoms with Crippen molar-refractivity contribution in [3.63, 3.8) is 0 Å². The molecule has 4 rings (SSSR count). The van der Waals surface area contributed by atoms with Gasteiger partial charge in [0.1, 0.15) is 17.2 Å². The highest BCUT2D eigenvalue weighted by atomic mass is 16.6. The lowest BCUT2D eigenvalue weighted by molar-refractivity contribution is -0.385. The van der Waals surface area contributed by atoms with E-state index in [-0.39, 0.29) is 16.4 Å². The molecular formula is C27H24N2O4. The van der Waals surface area contributed by atoms with E-state index < -0.39 is 0 Å². The van der Waals surface area contributed by atoms with Gasteiger partial charge in [-0.25, -0.2) is 0 Å². The van der Waals surface area contributed by atoms with Crippen molar-refractivity contribution in [2.45, 2.75) is 20.0 Å². The molecule has 0 amide bonds. The minimum atomic E-state index is -0.338. The Kier molecular flexibility index (Phi) is 6.55. The SMILES string of the molecule is Cc1c(N(Cc2ccccc2)Cc2ccc(Oc3ccc(O)cc3)cc2)cccc1[N+](=O)[O-]. The Morgan fingerprint density at radius 1 is 0.788 bits per heavy atom. The first-order valence-corrected chi connectivity index (χ1v) is 10.6. The number of nitro benzene ring substituents is 1. The molecule has 0 heterocycles. The van der Waals surface area contributed by atoms with Crippen molar-refractivity contribution in [3.8, 4) is 17.2 Å². The van der Waals surface area contributed by atoms with Crippen molar-refractivity contribution in [1.82, 2.24) is 0 Å². The van der Waals surface area contributed by atoms with Gasteiger partial charge in [-0.15, -0.1) is 0 Å². The standard InChI is InChI=1S/C27H24N2O4/c1-20-26(8-5-9-27(20)29(31)32)28(18-21-6-3-2-4-7-21)19-22-10-14-24(15-11-22)33-25-16-12-23(30)13-17-25/h2-17,30H,18-19H2,1H3. The van der Waals surface area contributed by atoms with Gasteiger partial charge in [0, 0.05) is 24.8 Å². The molecule has 6 nitrogen and oxygen atoms in total. The molecular weight excluding hydrogens is 416 g/mol. The Morgan fingerprint density at radius 3 is 1.97 bits per heavy atom. The van der Waals surface area contributed by atoms with Gasteiger partial charge in [-0.05, 0) is 60.5 Å². The van der Waals surface area contributed by atoms with Gasteiger partial charge in [-0.2, -0.15) is 0 Å². The van der Waals surface area contributed by atoms with Gasteiger partial charge in [0.05, 0.1) is 10.5 Å². The molecule has 0 aliphatic heterocycles. The van der Waals surface area contributed by atoms with Crippen LogP contribution in [-0.2, 0) is 13.1 Å². The second kappa shape index (κ2) is 9.87. The van der Waals surface area contributed by atoms with E-state index in [9.17, 15) is 15.2 Å². The van der Waals surface area contributed by atoms with Crippen LogP contribution < -0.4 is 9.64 Å². The summed E-state index contributed by atoms with van der Waals surface area (Å²) in [5.41, 5.74) is 3.76. The van der Waals surface area contributed by atoms with Crippen LogP contribution in [0.5, 0.6) is 17.2 Å². The van der Waals surface area contributed by atoms with Gasteiger partial charge in [-0.3, -0.25) is 10.1 Å². The molecule has 0 spiro atoms. The third-order valence-electron chi connectivity index (χ3n) is 5.40. The van der Waals surface area contributed by atoms with Gasteiger partial charge in [0.15, 0.2) is 0 Å². The molecule has 166 valence electrons. The van der Waals surface area contributed by atoms with E-state index in [1.165, 1.54) is 6.07 Å². The molecule has 0 saturated heterocycles. The van der Waals surface area contributed by atoms with Gasteiger partial charge in [0.2, 0.25) is 0 Å². The Hall–Kier alpha value is -4.32. The predicted molar refractivity (Wildman–Crippen MR) is 129 cm³/mol. The van der Waals surface area contributed by atoms with Gasteiger partial charge >= 0.3 is 0 Å². The molecule has 0 aliphatic rings. The number of phenolic OH excluding ortho intramolecular Hbond substituents is 1. The molecule has 4 aromatic carbocycles. The third kappa shape index (κ3) is 5.49. The first-order valence-electron chi connectivity index (χ1n) is 10.6. The molecule has 0 saturated carbocycles. The highest BCUT2D eigenvalue weighted by Crippen LogP contribution is 2.31. The Morgan fingerprint density at radius 2 is 1.36 bits per heavy atom. The molecule has 0 aromatic heterocycles. The van der Waals surface area contributed by atoms with Crippen molar-refractivity contribution >= 4 is 11.4 Å². The van der Waals surface area contributed by atoms with Gasteiger partial charge in [-0.1, -0.05) is 48.5 Å². The van der Waals surface area contributed by atoms with Crippen LogP contribution >= 0.6 is 0 Å². The fourth-order valence-corrected chi connectivity index (χ4v) is 3.72. The Labute approximate surface area is 192 Å². The molecule has 0 fully saturated rings. The van der Waals surface area contributed by atoms with E-state index in [1.807, 2.05) is 60.7 Å². The van der Waals surface area contributed by atoms with Crippen molar-refractivity contribution in [3.05, 3.63) is 124 Å². The van der Waals surface area contributed by atoms with E-state index in [4.69, 9.17) is 4.74 Å². The normalized spacial score (nSPS) is 10.6. The van der Waals surface area contributed by atoms with Crippen LogP contribution in [0.1, 0.15) is 16.7 Å². The number of hydrogen-bond acceptors (Lipinski definition) is 5. The number of hydrogen-bond donors (Lipinski definition) is 1. The maximum atomic E-state index is 11.5. The average Bonchev–Trinajstić information content (AvgIpc) is 2.82. The molecule has 1 N–H and O–H groups in total. The first kappa shape index (κ1) is 21.9. The average molecular weight is 440 g/mol. The summed E-state index contributed by atoms with van der Waals surface area (Å²) in [6.07, 6.45) is 0. The zero-order valence-electron chi connectivity index (χ0n) is 18.2. The number of phenols is 1. The zero-order valence-corrected chi connectivity index (χ0v) is 18.2. The molecule has 0 bridgehead atoms. The van der Waals surface area contributed by atoms with Crippen LogP contribution in [0.2, 0.25) is 0 Å². The van der Waals surface area contributed by atoms with Crippen LogP contribution in [0.4, 0.5) is 11.4 Å². The Balaban J connectivity index is 1.58. The number of rotatable bonds is 8. The van der Waals surface area contributed by atoms with Crippen LogP contribution in [0.25, 0.3) is 0 Å². The topological polar surface area (TPSA) is 75.8 Å². The van der Waals surface area contributed by atoms with Crippen LogP contribution in [0.3, 0.4) is 0 Å². The quantitative estimate of drug-likeness (QED) is 0.246. The summed E-state index contributed by atoms with van der Waals surface area (Å²) < 4.78 is 5.84. The minimum absolute atomic E-state index is 0.114. The predicted octanol–water partition coefficient (Wildman–Crippen LogP) is 6.61. The summed E-state index contributed by atoms with van der Waals surface area (Å²) in [7, 11) is 0. The van der Waals surface area contributed by atoms with E-state index in [0.717, 1.165) is 16.8 Å². The Bertz CT molecular complexity index is 1220. The monoisotopic (exact) mass is 440 g/mol. The maximum Gasteiger partial charge on any atom is 0.274 e. The molecule has 4 aromatic rings. The van der Waals surface area contributed by atoms with E-state index >= 15 is 0 Å². The van der Waals surface area contributed by atoms with Crippen LogP contribution in [-0.4, -0.2) is 10.0 Å². The van der Waals surface area contributed by atoms with Gasteiger partial charge in [0.25, 0.3) is 5.69 Å². The smallest absolute Gasteiger partial charge is 0.274 e. The number of ether oxygens (including phenoxy) is 1. The second-order valence-electron chi connectivity index (χ2n) is 7.76. The minimum Gasteiger partial charge on any atom is -0.508 e. The maximum absolute atomic E-state index is 11.5. The first-order chi connectivity index (χ1) is 16.0. The molecule has 6 heteroatoms. The largest absolute Gasteiger partial charge is 0.508 e. The number of anilines is 1. The number of benzene rings is 4. The summed E-state index contributed by atoms with van der Waals surface area (Å²) in [4.78, 5) is 13.3. The highest BCUT2D eigenvalue weighted by Gasteiger charge is 2.18. The summed E-state index contributed by atoms with van der Waals surface area (Å²) in [6, 6.07) is 29.6.